The molecule has 1 amide bonds. The van der Waals surface area contributed by atoms with E-state index < -0.39 is 0 Å². The number of benzene rings is 2. The van der Waals surface area contributed by atoms with Crippen LogP contribution in [0.3, 0.4) is 0 Å². The molecule has 0 unspecified atom stereocenters. The number of nitrogens with zero attached hydrogens (tertiary/aromatic N) is 2. The second-order valence-electron chi connectivity index (χ2n) is 5.51. The van der Waals surface area contributed by atoms with Crippen LogP contribution in [0.5, 0.6) is 0 Å². The van der Waals surface area contributed by atoms with Crippen molar-refractivity contribution in [3.05, 3.63) is 65.5 Å². The number of rotatable bonds is 2. The van der Waals surface area contributed by atoms with E-state index in [2.05, 4.69) is 10.3 Å². The summed E-state index contributed by atoms with van der Waals surface area (Å²) in [5.41, 5.74) is 2.36. The van der Waals surface area contributed by atoms with E-state index in [4.69, 9.17) is 0 Å². The number of guanidine groups is 1. The van der Waals surface area contributed by atoms with E-state index >= 15 is 0 Å². The van der Waals surface area contributed by atoms with Crippen LogP contribution in [-0.4, -0.2) is 25.0 Å². The maximum Gasteiger partial charge on any atom is 0.257 e. The van der Waals surface area contributed by atoms with Gasteiger partial charge >= 0.3 is 0 Å². The van der Waals surface area contributed by atoms with Gasteiger partial charge in [0.1, 0.15) is 5.82 Å². The summed E-state index contributed by atoms with van der Waals surface area (Å²) in [6, 6.07) is 13.6. The van der Waals surface area contributed by atoms with Crippen LogP contribution in [0.1, 0.15) is 22.3 Å². The Morgan fingerprint density at radius 1 is 1.22 bits per heavy atom. The van der Waals surface area contributed by atoms with Crippen LogP contribution >= 0.6 is 0 Å². The summed E-state index contributed by atoms with van der Waals surface area (Å²) in [6.07, 6.45) is 0.862. The fourth-order valence-electron chi connectivity index (χ4n) is 2.49. The molecule has 1 aliphatic rings. The van der Waals surface area contributed by atoms with Crippen molar-refractivity contribution in [2.75, 3.05) is 18.0 Å². The van der Waals surface area contributed by atoms with Gasteiger partial charge in [-0.15, -0.1) is 0 Å². The van der Waals surface area contributed by atoms with Gasteiger partial charge in [0, 0.05) is 24.3 Å². The van der Waals surface area contributed by atoms with E-state index in [1.807, 2.05) is 30.0 Å². The fraction of sp³-hybridized carbons (Fsp3) is 0.222. The molecule has 1 N–H and O–H groups in total. The molecule has 0 aliphatic carbocycles. The normalized spacial score (nSPS) is 14.3. The lowest BCUT2D eigenvalue weighted by Crippen LogP contribution is -2.47. The summed E-state index contributed by atoms with van der Waals surface area (Å²) >= 11 is 0. The molecule has 23 heavy (non-hydrogen) atoms. The number of hydrogen-bond acceptors (Lipinski definition) is 3. The van der Waals surface area contributed by atoms with E-state index in [0.29, 0.717) is 30.3 Å². The highest BCUT2D eigenvalue weighted by Crippen LogP contribution is 2.18. The van der Waals surface area contributed by atoms with Gasteiger partial charge in [-0.05, 0) is 43.7 Å². The van der Waals surface area contributed by atoms with Crippen molar-refractivity contribution >= 4 is 17.6 Å². The number of anilines is 1. The maximum absolute atomic E-state index is 13.5. The molecule has 4 nitrogen and oxygen atoms in total. The van der Waals surface area contributed by atoms with Gasteiger partial charge in [0.05, 0.1) is 0 Å². The highest BCUT2D eigenvalue weighted by atomic mass is 19.1. The molecule has 0 fully saturated rings. The van der Waals surface area contributed by atoms with E-state index in [1.165, 1.54) is 12.1 Å². The van der Waals surface area contributed by atoms with Gasteiger partial charge in [0.2, 0.25) is 5.96 Å². The maximum atomic E-state index is 13.5. The summed E-state index contributed by atoms with van der Waals surface area (Å²) in [5, 5.41) is 2.84. The van der Waals surface area contributed by atoms with Crippen LogP contribution in [0, 0.1) is 12.7 Å². The Kier molecular flexibility index (Phi) is 4.37. The molecule has 0 spiro atoms. The molecule has 1 aliphatic heterocycles. The topological polar surface area (TPSA) is 44.7 Å². The van der Waals surface area contributed by atoms with E-state index in [9.17, 15) is 9.18 Å². The van der Waals surface area contributed by atoms with Gasteiger partial charge in [-0.1, -0.05) is 23.8 Å². The number of hydrogen-bond donors (Lipinski definition) is 1. The van der Waals surface area contributed by atoms with Gasteiger partial charge in [0.25, 0.3) is 5.91 Å². The zero-order valence-corrected chi connectivity index (χ0v) is 12.9. The van der Waals surface area contributed by atoms with Gasteiger partial charge in [-0.25, -0.2) is 4.39 Å². The van der Waals surface area contributed by atoms with Crippen molar-refractivity contribution in [1.29, 1.82) is 0 Å². The van der Waals surface area contributed by atoms with Gasteiger partial charge in [-0.3, -0.25) is 15.1 Å². The number of carbonyl (C=O) groups excluding carboxylic acids is 1. The first-order valence-electron chi connectivity index (χ1n) is 7.59. The van der Waals surface area contributed by atoms with Crippen LogP contribution in [-0.2, 0) is 0 Å². The van der Waals surface area contributed by atoms with Crippen molar-refractivity contribution < 1.29 is 9.18 Å². The fourth-order valence-corrected chi connectivity index (χ4v) is 2.49. The Hall–Kier alpha value is -2.69. The predicted octanol–water partition coefficient (Wildman–Crippen LogP) is 3.13. The van der Waals surface area contributed by atoms with Crippen LogP contribution in [0.2, 0.25) is 0 Å². The minimum atomic E-state index is -0.308. The lowest BCUT2D eigenvalue weighted by Gasteiger charge is -2.29. The van der Waals surface area contributed by atoms with Crippen LogP contribution in [0.15, 0.2) is 53.5 Å². The van der Waals surface area contributed by atoms with Crippen molar-refractivity contribution in [3.63, 3.8) is 0 Å². The standard InChI is InChI=1S/C18H18FN3O/c1-13-6-8-14(9-7-13)17(23)21-18-20-10-3-11-22(18)16-5-2-4-15(19)12-16/h2,4-9,12H,3,10-11H2,1H3,(H,20,21,23). The zero-order chi connectivity index (χ0) is 16.2. The van der Waals surface area contributed by atoms with Crippen molar-refractivity contribution in [1.82, 2.24) is 5.32 Å². The van der Waals surface area contributed by atoms with Crippen molar-refractivity contribution in [2.45, 2.75) is 13.3 Å². The summed E-state index contributed by atoms with van der Waals surface area (Å²) in [5.74, 6) is -0.0586. The number of amides is 1. The van der Waals surface area contributed by atoms with E-state index in [-0.39, 0.29) is 11.7 Å². The monoisotopic (exact) mass is 311 g/mol. The summed E-state index contributed by atoms with van der Waals surface area (Å²) < 4.78 is 13.5. The molecular formula is C18H18FN3O. The lowest BCUT2D eigenvalue weighted by atomic mass is 10.1. The quantitative estimate of drug-likeness (QED) is 0.926. The van der Waals surface area contributed by atoms with Crippen molar-refractivity contribution in [2.24, 2.45) is 4.99 Å². The molecule has 118 valence electrons. The Morgan fingerprint density at radius 2 is 2.00 bits per heavy atom. The minimum Gasteiger partial charge on any atom is -0.312 e. The highest BCUT2D eigenvalue weighted by Gasteiger charge is 2.20. The predicted molar refractivity (Wildman–Crippen MR) is 89.3 cm³/mol. The first kappa shape index (κ1) is 15.2. The highest BCUT2D eigenvalue weighted by molar-refractivity contribution is 6.11. The molecule has 3 rings (SSSR count). The summed E-state index contributed by atoms with van der Waals surface area (Å²) in [7, 11) is 0. The lowest BCUT2D eigenvalue weighted by molar-refractivity contribution is 0.0976. The summed E-state index contributed by atoms with van der Waals surface area (Å²) in [6.45, 7) is 3.31. The van der Waals surface area contributed by atoms with Crippen molar-refractivity contribution in [3.8, 4) is 0 Å². The SMILES string of the molecule is Cc1ccc(C(=O)NC2=NCCCN2c2cccc(F)c2)cc1. The second kappa shape index (κ2) is 6.60. The molecule has 1 heterocycles. The van der Waals surface area contributed by atoms with Crippen LogP contribution < -0.4 is 10.2 Å². The number of aryl methyl sites for hydroxylation is 1. The van der Waals surface area contributed by atoms with Crippen LogP contribution in [0.4, 0.5) is 10.1 Å². The van der Waals surface area contributed by atoms with E-state index in [0.717, 1.165) is 12.0 Å². The summed E-state index contributed by atoms with van der Waals surface area (Å²) in [4.78, 5) is 18.6. The van der Waals surface area contributed by atoms with Gasteiger partial charge in [-0.2, -0.15) is 0 Å². The third-order valence-electron chi connectivity index (χ3n) is 3.72. The molecular weight excluding hydrogens is 293 g/mol. The Balaban J connectivity index is 1.80. The number of halogens is 1. The Bertz CT molecular complexity index is 740. The third-order valence-corrected chi connectivity index (χ3v) is 3.72. The zero-order valence-electron chi connectivity index (χ0n) is 12.9. The number of carbonyl (C=O) groups is 1. The molecule has 0 aromatic heterocycles. The molecule has 2 aromatic carbocycles. The first-order chi connectivity index (χ1) is 11.1. The molecule has 0 saturated carbocycles. The largest absolute Gasteiger partial charge is 0.312 e. The van der Waals surface area contributed by atoms with Gasteiger partial charge in [0.15, 0.2) is 0 Å². The molecule has 2 aromatic rings. The average molecular weight is 311 g/mol. The number of nitrogens with one attached hydrogen (secondary N) is 1. The van der Waals surface area contributed by atoms with E-state index in [1.54, 1.807) is 18.2 Å². The first-order valence-corrected chi connectivity index (χ1v) is 7.59. The Morgan fingerprint density at radius 3 is 2.74 bits per heavy atom. The molecule has 5 heteroatoms. The molecule has 0 radical (unpaired) electrons. The minimum absolute atomic E-state index is 0.216. The Labute approximate surface area is 134 Å². The average Bonchev–Trinajstić information content (AvgIpc) is 2.56. The second-order valence-corrected chi connectivity index (χ2v) is 5.51. The third kappa shape index (κ3) is 3.56. The molecule has 0 atom stereocenters. The van der Waals surface area contributed by atoms with Gasteiger partial charge < -0.3 is 4.90 Å². The number of aliphatic imine (C=N–C) groups is 1. The smallest absolute Gasteiger partial charge is 0.257 e. The van der Waals surface area contributed by atoms with Crippen LogP contribution in [0.25, 0.3) is 0 Å². The molecule has 0 saturated heterocycles. The molecule has 0 bridgehead atoms.